The van der Waals surface area contributed by atoms with Crippen molar-refractivity contribution in [3.63, 3.8) is 0 Å². The van der Waals surface area contributed by atoms with Crippen molar-refractivity contribution >= 4 is 12.6 Å². The second-order valence-electron chi connectivity index (χ2n) is 1.53. The van der Waals surface area contributed by atoms with E-state index in [4.69, 9.17) is 4.74 Å². The number of hydrogen-bond acceptors (Lipinski definition) is 3. The van der Waals surface area contributed by atoms with Crippen molar-refractivity contribution in [2.24, 2.45) is 0 Å². The van der Waals surface area contributed by atoms with Crippen molar-refractivity contribution in [3.05, 3.63) is 0 Å². The van der Waals surface area contributed by atoms with Gasteiger partial charge in [0.2, 0.25) is 0 Å². The lowest BCUT2D eigenvalue weighted by molar-refractivity contribution is -0.122. The summed E-state index contributed by atoms with van der Waals surface area (Å²) in [6.07, 6.45) is 0.941. The quantitative estimate of drug-likeness (QED) is 0.498. The molecular weight excluding hydrogens is 120 g/mol. The maximum atomic E-state index is 10.0. The molecule has 0 aromatic heterocycles. The second kappa shape index (κ2) is 5.44. The lowest BCUT2D eigenvalue weighted by atomic mass is 10.3. The minimum absolute atomic E-state index is 0.164. The van der Waals surface area contributed by atoms with Crippen LogP contribution in [-0.2, 0) is 14.3 Å². The summed E-state index contributed by atoms with van der Waals surface area (Å²) >= 11 is 0. The lowest BCUT2D eigenvalue weighted by Gasteiger charge is -2.03. The van der Waals surface area contributed by atoms with E-state index in [0.717, 1.165) is 0 Å². The van der Waals surface area contributed by atoms with Crippen LogP contribution in [0.25, 0.3) is 0 Å². The molecule has 0 heterocycles. The number of hydrogen-bond donors (Lipinski definition) is 0. The molecule has 0 fully saturated rings. The van der Waals surface area contributed by atoms with Crippen molar-refractivity contribution in [3.8, 4) is 0 Å². The number of rotatable bonds is 5. The number of carbonyl (C=O) groups excluding carboxylic acids is 2. The highest BCUT2D eigenvalue weighted by molar-refractivity contribution is 5.63. The van der Waals surface area contributed by atoms with Crippen molar-refractivity contribution < 1.29 is 14.3 Å². The summed E-state index contributed by atoms with van der Waals surface area (Å²) in [6.45, 7) is 2.25. The Hall–Kier alpha value is -0.700. The zero-order chi connectivity index (χ0) is 7.11. The van der Waals surface area contributed by atoms with Crippen LogP contribution < -0.4 is 0 Å². The van der Waals surface area contributed by atoms with Crippen LogP contribution in [0.4, 0.5) is 0 Å². The summed E-state index contributed by atoms with van der Waals surface area (Å²) in [4.78, 5) is 19.8. The first kappa shape index (κ1) is 8.30. The van der Waals surface area contributed by atoms with E-state index in [1.54, 1.807) is 6.92 Å². The van der Waals surface area contributed by atoms with Crippen LogP contribution in [0.2, 0.25) is 0 Å². The average molecular weight is 130 g/mol. The van der Waals surface area contributed by atoms with Gasteiger partial charge in [0.05, 0.1) is 0 Å². The first-order chi connectivity index (χ1) is 4.35. The Kier molecular flexibility index (Phi) is 5.01. The minimum atomic E-state index is -0.535. The van der Waals surface area contributed by atoms with Gasteiger partial charge >= 0.3 is 0 Å². The number of carbonyl (C=O) groups is 2. The van der Waals surface area contributed by atoms with Gasteiger partial charge in [0, 0.05) is 13.0 Å². The molecule has 3 heteroatoms. The Morgan fingerprint density at radius 2 is 2.22 bits per heavy atom. The Morgan fingerprint density at radius 1 is 1.56 bits per heavy atom. The molecule has 52 valence electrons. The van der Waals surface area contributed by atoms with E-state index in [9.17, 15) is 9.59 Å². The molecule has 0 aromatic rings. The molecular formula is C6H10O3. The Morgan fingerprint density at radius 3 is 2.56 bits per heavy atom. The Bertz CT molecular complexity index is 90.3. The summed E-state index contributed by atoms with van der Waals surface area (Å²) in [7, 11) is 0. The molecule has 0 spiro atoms. The third kappa shape index (κ3) is 3.85. The second-order valence-corrected chi connectivity index (χ2v) is 1.53. The summed E-state index contributed by atoms with van der Waals surface area (Å²) in [5.74, 6) is 0. The van der Waals surface area contributed by atoms with Gasteiger partial charge in [0.15, 0.2) is 0 Å². The van der Waals surface area contributed by atoms with Crippen LogP contribution in [-0.4, -0.2) is 25.3 Å². The zero-order valence-electron chi connectivity index (χ0n) is 5.37. The van der Waals surface area contributed by atoms with E-state index in [1.807, 2.05) is 0 Å². The summed E-state index contributed by atoms with van der Waals surface area (Å²) in [6, 6.07) is 0. The van der Waals surface area contributed by atoms with Gasteiger partial charge in [0.1, 0.15) is 18.7 Å². The first-order valence-corrected chi connectivity index (χ1v) is 2.85. The standard InChI is InChI=1S/C6H10O3/c1-2-9-6(5-8)3-4-7/h4-6H,2-3H2,1H3. The topological polar surface area (TPSA) is 43.4 Å². The molecule has 0 radical (unpaired) electrons. The third-order valence-corrected chi connectivity index (χ3v) is 0.861. The Balaban J connectivity index is 3.40. The Labute approximate surface area is 54.0 Å². The molecule has 0 bridgehead atoms. The fourth-order valence-corrected chi connectivity index (χ4v) is 0.472. The maximum Gasteiger partial charge on any atom is 0.149 e. The molecule has 1 atom stereocenters. The molecule has 0 saturated heterocycles. The highest BCUT2D eigenvalue weighted by Crippen LogP contribution is 1.90. The van der Waals surface area contributed by atoms with Crippen molar-refractivity contribution in [2.75, 3.05) is 6.61 Å². The molecule has 0 N–H and O–H groups in total. The number of ether oxygens (including phenoxy) is 1. The molecule has 0 aromatic carbocycles. The van der Waals surface area contributed by atoms with E-state index in [0.29, 0.717) is 19.2 Å². The van der Waals surface area contributed by atoms with Gasteiger partial charge in [-0.3, -0.25) is 0 Å². The average Bonchev–Trinajstić information content (AvgIpc) is 1.88. The van der Waals surface area contributed by atoms with Crippen LogP contribution in [0.3, 0.4) is 0 Å². The molecule has 1 unspecified atom stereocenters. The van der Waals surface area contributed by atoms with Gasteiger partial charge < -0.3 is 14.3 Å². The van der Waals surface area contributed by atoms with Crippen molar-refractivity contribution in [2.45, 2.75) is 19.4 Å². The van der Waals surface area contributed by atoms with Crippen LogP contribution in [0.1, 0.15) is 13.3 Å². The highest BCUT2D eigenvalue weighted by Gasteiger charge is 2.03. The molecule has 0 aliphatic heterocycles. The van der Waals surface area contributed by atoms with Gasteiger partial charge in [-0.05, 0) is 6.92 Å². The van der Waals surface area contributed by atoms with Crippen molar-refractivity contribution in [1.82, 2.24) is 0 Å². The fraction of sp³-hybridized carbons (Fsp3) is 0.667. The van der Waals surface area contributed by atoms with E-state index in [2.05, 4.69) is 0 Å². The fourth-order valence-electron chi connectivity index (χ4n) is 0.472. The summed E-state index contributed by atoms with van der Waals surface area (Å²) in [5.41, 5.74) is 0. The van der Waals surface area contributed by atoms with Crippen LogP contribution in [0, 0.1) is 0 Å². The smallest absolute Gasteiger partial charge is 0.149 e. The zero-order valence-corrected chi connectivity index (χ0v) is 5.37. The predicted octanol–water partition coefficient (Wildman–Crippen LogP) is 0.179. The SMILES string of the molecule is CCOC(C=O)CC=O. The third-order valence-electron chi connectivity index (χ3n) is 0.861. The largest absolute Gasteiger partial charge is 0.371 e. The van der Waals surface area contributed by atoms with Crippen molar-refractivity contribution in [1.29, 1.82) is 0 Å². The van der Waals surface area contributed by atoms with E-state index < -0.39 is 6.10 Å². The molecule has 0 aliphatic carbocycles. The van der Waals surface area contributed by atoms with Gasteiger partial charge in [-0.2, -0.15) is 0 Å². The van der Waals surface area contributed by atoms with Gasteiger partial charge in [-0.1, -0.05) is 0 Å². The maximum absolute atomic E-state index is 10.0. The van der Waals surface area contributed by atoms with Gasteiger partial charge in [-0.25, -0.2) is 0 Å². The van der Waals surface area contributed by atoms with Gasteiger partial charge in [0.25, 0.3) is 0 Å². The molecule has 9 heavy (non-hydrogen) atoms. The van der Waals surface area contributed by atoms with E-state index >= 15 is 0 Å². The molecule has 0 aliphatic rings. The number of aldehydes is 2. The molecule has 0 rings (SSSR count). The monoisotopic (exact) mass is 130 g/mol. The lowest BCUT2D eigenvalue weighted by Crippen LogP contribution is -2.14. The van der Waals surface area contributed by atoms with Crippen LogP contribution >= 0.6 is 0 Å². The van der Waals surface area contributed by atoms with Gasteiger partial charge in [-0.15, -0.1) is 0 Å². The summed E-state index contributed by atoms with van der Waals surface area (Å²) in [5, 5.41) is 0. The highest BCUT2D eigenvalue weighted by atomic mass is 16.5. The molecule has 0 saturated carbocycles. The summed E-state index contributed by atoms with van der Waals surface area (Å²) < 4.78 is 4.83. The molecule has 0 amide bonds. The minimum Gasteiger partial charge on any atom is -0.371 e. The van der Waals surface area contributed by atoms with E-state index in [-0.39, 0.29) is 6.42 Å². The van der Waals surface area contributed by atoms with E-state index in [1.165, 1.54) is 0 Å². The van der Waals surface area contributed by atoms with Crippen LogP contribution in [0.5, 0.6) is 0 Å². The predicted molar refractivity (Wildman–Crippen MR) is 32.2 cm³/mol. The normalized spacial score (nSPS) is 12.6. The molecule has 3 nitrogen and oxygen atoms in total. The first-order valence-electron chi connectivity index (χ1n) is 2.85. The van der Waals surface area contributed by atoms with Crippen LogP contribution in [0.15, 0.2) is 0 Å².